The number of hydrogen-bond donors (Lipinski definition) is 0. The van der Waals surface area contributed by atoms with Crippen molar-refractivity contribution < 1.29 is 0 Å². The van der Waals surface area contributed by atoms with Gasteiger partial charge in [0, 0.05) is 5.41 Å². The molecule has 0 aromatic heterocycles. The third kappa shape index (κ3) is 1.07. The second-order valence-electron chi connectivity index (χ2n) is 4.80. The second-order valence-corrected chi connectivity index (χ2v) is 4.80. The molecule has 0 amide bonds. The first-order valence-electron chi connectivity index (χ1n) is 5.32. The van der Waals surface area contributed by atoms with E-state index in [-0.39, 0.29) is 5.41 Å². The number of fused-ring (bicyclic) bond motifs is 2. The summed E-state index contributed by atoms with van der Waals surface area (Å²) in [6, 6.07) is 0. The van der Waals surface area contributed by atoms with E-state index < -0.39 is 0 Å². The van der Waals surface area contributed by atoms with Gasteiger partial charge in [0.05, 0.1) is 0 Å². The monoisotopic (exact) mass is 186 g/mol. The average molecular weight is 186 g/mol. The molecule has 2 rings (SSSR count). The fourth-order valence-corrected chi connectivity index (χ4v) is 3.16. The predicted octanol–water partition coefficient (Wildman–Crippen LogP) is 3.88. The third-order valence-corrected chi connectivity index (χ3v) is 3.98. The van der Waals surface area contributed by atoms with E-state index in [9.17, 15) is 0 Å². The molecular formula is C14H18. The lowest BCUT2D eigenvalue weighted by Crippen LogP contribution is -2.24. The fourth-order valence-electron chi connectivity index (χ4n) is 3.16. The molecule has 0 heteroatoms. The molecule has 74 valence electrons. The topological polar surface area (TPSA) is 0 Å². The van der Waals surface area contributed by atoms with Crippen LogP contribution in [0.25, 0.3) is 0 Å². The number of rotatable bonds is 2. The van der Waals surface area contributed by atoms with Crippen LogP contribution in [0.3, 0.4) is 0 Å². The van der Waals surface area contributed by atoms with Crippen LogP contribution in [0.4, 0.5) is 0 Å². The van der Waals surface area contributed by atoms with Gasteiger partial charge in [-0.25, -0.2) is 0 Å². The van der Waals surface area contributed by atoms with E-state index in [1.54, 1.807) is 0 Å². The molecular weight excluding hydrogens is 168 g/mol. The Bertz CT molecular complexity index is 352. The van der Waals surface area contributed by atoms with Crippen molar-refractivity contribution in [3.05, 3.63) is 42.2 Å². The molecule has 1 saturated carbocycles. The average Bonchev–Trinajstić information content (AvgIpc) is 2.74. The summed E-state index contributed by atoms with van der Waals surface area (Å²) in [6.45, 7) is 12.2. The lowest BCUT2D eigenvalue weighted by molar-refractivity contribution is 0.381. The van der Waals surface area contributed by atoms with Crippen LogP contribution in [0.1, 0.15) is 26.7 Å². The largest absolute Gasteiger partial charge is 0.129 e. The van der Waals surface area contributed by atoms with E-state index in [1.807, 2.05) is 0 Å². The van der Waals surface area contributed by atoms with Gasteiger partial charge in [-0.3, -0.25) is 0 Å². The molecule has 3 unspecified atom stereocenters. The molecule has 0 spiro atoms. The number of allylic oxidation sites excluding steroid dienone is 4. The first-order valence-corrected chi connectivity index (χ1v) is 5.32. The highest BCUT2D eigenvalue weighted by molar-refractivity contribution is 5.34. The van der Waals surface area contributed by atoms with Gasteiger partial charge in [0.2, 0.25) is 0 Å². The fraction of sp³-hybridized carbons (Fsp3) is 0.500. The highest BCUT2D eigenvalue weighted by Crippen LogP contribution is 2.58. The lowest BCUT2D eigenvalue weighted by atomic mass is 9.70. The summed E-state index contributed by atoms with van der Waals surface area (Å²) in [4.78, 5) is 0. The molecule has 0 aliphatic heterocycles. The van der Waals surface area contributed by atoms with Crippen molar-refractivity contribution >= 4 is 0 Å². The van der Waals surface area contributed by atoms with Crippen molar-refractivity contribution in [2.24, 2.45) is 17.3 Å². The summed E-state index contributed by atoms with van der Waals surface area (Å²) in [5.41, 5.74) is 5.91. The van der Waals surface area contributed by atoms with Gasteiger partial charge >= 0.3 is 0 Å². The normalized spacial score (nSPS) is 38.4. The zero-order valence-corrected chi connectivity index (χ0v) is 9.14. The molecule has 2 aliphatic rings. The van der Waals surface area contributed by atoms with Crippen molar-refractivity contribution in [2.75, 3.05) is 0 Å². The minimum atomic E-state index is 0.220. The summed E-state index contributed by atoms with van der Waals surface area (Å²) >= 11 is 0. The maximum atomic E-state index is 4.12. The Morgan fingerprint density at radius 2 is 2.21 bits per heavy atom. The summed E-state index contributed by atoms with van der Waals surface area (Å²) in [5.74, 6) is 1.38. The maximum absolute atomic E-state index is 4.12. The van der Waals surface area contributed by atoms with Crippen molar-refractivity contribution in [1.82, 2.24) is 0 Å². The summed E-state index contributed by atoms with van der Waals surface area (Å²) in [5, 5.41) is 0. The molecule has 0 saturated heterocycles. The van der Waals surface area contributed by atoms with Crippen LogP contribution in [0, 0.1) is 17.3 Å². The summed E-state index contributed by atoms with van der Waals surface area (Å²) < 4.78 is 0. The van der Waals surface area contributed by atoms with Crippen molar-refractivity contribution in [3.63, 3.8) is 0 Å². The quantitative estimate of drug-likeness (QED) is 0.453. The maximum Gasteiger partial charge on any atom is 0.0235 e. The Hall–Kier alpha value is -1.00. The molecule has 0 N–H and O–H groups in total. The minimum Gasteiger partial charge on any atom is -0.129 e. The highest BCUT2D eigenvalue weighted by atomic mass is 14.5. The van der Waals surface area contributed by atoms with Gasteiger partial charge < -0.3 is 0 Å². The molecule has 0 heterocycles. The van der Waals surface area contributed by atoms with Crippen LogP contribution < -0.4 is 0 Å². The Morgan fingerprint density at radius 3 is 2.71 bits per heavy atom. The SMILES string of the molecule is C=C=C(C)C12C=CC(CC1C(=C)C)C2. The van der Waals surface area contributed by atoms with Gasteiger partial charge in [0.15, 0.2) is 0 Å². The van der Waals surface area contributed by atoms with Crippen LogP contribution >= 0.6 is 0 Å². The Kier molecular flexibility index (Phi) is 2.05. The van der Waals surface area contributed by atoms with Gasteiger partial charge in [-0.05, 0) is 44.1 Å². The van der Waals surface area contributed by atoms with Gasteiger partial charge in [-0.15, -0.1) is 5.73 Å². The summed E-state index contributed by atoms with van der Waals surface area (Å²) in [7, 11) is 0. The second kappa shape index (κ2) is 3.00. The third-order valence-electron chi connectivity index (χ3n) is 3.98. The van der Waals surface area contributed by atoms with Crippen molar-refractivity contribution in [3.8, 4) is 0 Å². The Labute approximate surface area is 86.7 Å². The van der Waals surface area contributed by atoms with E-state index in [2.05, 4.69) is 44.9 Å². The van der Waals surface area contributed by atoms with Gasteiger partial charge in [0.1, 0.15) is 0 Å². The van der Waals surface area contributed by atoms with E-state index in [4.69, 9.17) is 0 Å². The molecule has 0 nitrogen and oxygen atoms in total. The standard InChI is InChI=1S/C14H18/c1-5-11(4)14-7-6-12(9-14)8-13(14)10(2)3/h6-7,12-13H,1-2,8-9H2,3-4H3. The van der Waals surface area contributed by atoms with Crippen molar-refractivity contribution in [2.45, 2.75) is 26.7 Å². The first kappa shape index (κ1) is 9.55. The van der Waals surface area contributed by atoms with E-state index >= 15 is 0 Å². The van der Waals surface area contributed by atoms with Crippen molar-refractivity contribution in [1.29, 1.82) is 0 Å². The van der Waals surface area contributed by atoms with E-state index in [1.165, 1.54) is 24.0 Å². The van der Waals surface area contributed by atoms with Crippen LogP contribution in [-0.2, 0) is 0 Å². The highest BCUT2D eigenvalue weighted by Gasteiger charge is 2.49. The molecule has 1 fully saturated rings. The Balaban J connectivity index is 2.45. The van der Waals surface area contributed by atoms with Crippen LogP contribution in [0.2, 0.25) is 0 Å². The van der Waals surface area contributed by atoms with Gasteiger partial charge in [0.25, 0.3) is 0 Å². The van der Waals surface area contributed by atoms with Gasteiger partial charge in [-0.1, -0.05) is 30.9 Å². The molecule has 14 heavy (non-hydrogen) atoms. The first-order chi connectivity index (χ1) is 6.60. The van der Waals surface area contributed by atoms with E-state index in [0.29, 0.717) is 5.92 Å². The van der Waals surface area contributed by atoms with Gasteiger partial charge in [-0.2, -0.15) is 0 Å². The predicted molar refractivity (Wildman–Crippen MR) is 60.9 cm³/mol. The van der Waals surface area contributed by atoms with E-state index in [0.717, 1.165) is 5.92 Å². The number of hydrogen-bond acceptors (Lipinski definition) is 0. The molecule has 0 radical (unpaired) electrons. The molecule has 0 aromatic rings. The Morgan fingerprint density at radius 1 is 1.50 bits per heavy atom. The molecule has 2 aliphatic carbocycles. The zero-order valence-electron chi connectivity index (χ0n) is 9.14. The van der Waals surface area contributed by atoms with Crippen LogP contribution in [0.15, 0.2) is 42.2 Å². The smallest absolute Gasteiger partial charge is 0.0235 e. The molecule has 0 aromatic carbocycles. The zero-order chi connectivity index (χ0) is 10.3. The minimum absolute atomic E-state index is 0.220. The molecule has 3 atom stereocenters. The van der Waals surface area contributed by atoms with Crippen LogP contribution in [-0.4, -0.2) is 0 Å². The summed E-state index contributed by atoms with van der Waals surface area (Å²) in [6.07, 6.45) is 7.25. The molecule has 2 bridgehead atoms. The lowest BCUT2D eigenvalue weighted by Gasteiger charge is -2.33. The van der Waals surface area contributed by atoms with Crippen LogP contribution in [0.5, 0.6) is 0 Å².